The molecule has 1 unspecified atom stereocenters. The van der Waals surface area contributed by atoms with Crippen LogP contribution in [0.2, 0.25) is 10.0 Å². The Morgan fingerprint density at radius 2 is 2.12 bits per heavy atom. The average Bonchev–Trinajstić information content (AvgIpc) is 2.22. The lowest BCUT2D eigenvalue weighted by molar-refractivity contribution is 0.197. The van der Waals surface area contributed by atoms with Crippen molar-refractivity contribution in [2.75, 3.05) is 20.3 Å². The Morgan fingerprint density at radius 1 is 1.38 bits per heavy atom. The van der Waals surface area contributed by atoms with Crippen LogP contribution in [0.1, 0.15) is 5.56 Å². The fraction of sp³-hybridized carbons (Fsp3) is 0.455. The van der Waals surface area contributed by atoms with E-state index in [1.165, 1.54) is 0 Å². The fourth-order valence-electron chi connectivity index (χ4n) is 1.27. The van der Waals surface area contributed by atoms with E-state index in [1.54, 1.807) is 13.2 Å². The molecule has 0 aliphatic rings. The van der Waals surface area contributed by atoms with Crippen molar-refractivity contribution >= 4 is 34.8 Å². The van der Waals surface area contributed by atoms with E-state index in [2.05, 4.69) is 5.32 Å². The number of halogens is 3. The number of methoxy groups -OCH3 is 1. The number of rotatable bonds is 6. The zero-order valence-electron chi connectivity index (χ0n) is 8.97. The molecule has 0 spiro atoms. The molecule has 1 N–H and O–H groups in total. The predicted octanol–water partition coefficient (Wildman–Crippen LogP) is 3.34. The lowest BCUT2D eigenvalue weighted by atomic mass is 10.2. The SMILES string of the molecule is COCC(Cl)CNCc1ccc(Cl)cc1Cl. The van der Waals surface area contributed by atoms with Gasteiger partial charge < -0.3 is 10.1 Å². The third-order valence-electron chi connectivity index (χ3n) is 2.04. The van der Waals surface area contributed by atoms with Gasteiger partial charge in [0.2, 0.25) is 0 Å². The van der Waals surface area contributed by atoms with Gasteiger partial charge in [-0.2, -0.15) is 0 Å². The topological polar surface area (TPSA) is 21.3 Å². The van der Waals surface area contributed by atoms with Gasteiger partial charge >= 0.3 is 0 Å². The molecule has 5 heteroatoms. The van der Waals surface area contributed by atoms with Gasteiger partial charge in [0.25, 0.3) is 0 Å². The summed E-state index contributed by atoms with van der Waals surface area (Å²) in [6, 6.07) is 5.45. The first kappa shape index (κ1) is 14.1. The Labute approximate surface area is 111 Å². The summed E-state index contributed by atoms with van der Waals surface area (Å²) in [5.74, 6) is 0. The summed E-state index contributed by atoms with van der Waals surface area (Å²) in [4.78, 5) is 0. The number of alkyl halides is 1. The molecule has 0 heterocycles. The quantitative estimate of drug-likeness (QED) is 0.808. The minimum atomic E-state index is -0.0314. The van der Waals surface area contributed by atoms with Gasteiger partial charge in [-0.25, -0.2) is 0 Å². The highest BCUT2D eigenvalue weighted by Gasteiger charge is 2.04. The van der Waals surface area contributed by atoms with Crippen LogP contribution in [-0.2, 0) is 11.3 Å². The maximum atomic E-state index is 6.02. The second kappa shape index (κ2) is 7.36. The van der Waals surface area contributed by atoms with Gasteiger partial charge in [-0.05, 0) is 17.7 Å². The Bertz CT molecular complexity index is 333. The van der Waals surface area contributed by atoms with E-state index in [1.807, 2.05) is 12.1 Å². The van der Waals surface area contributed by atoms with Gasteiger partial charge in [0.1, 0.15) is 0 Å². The van der Waals surface area contributed by atoms with Crippen LogP contribution in [0, 0.1) is 0 Å². The molecular weight excluding hydrogens is 268 g/mol. The second-order valence-corrected chi connectivity index (χ2v) is 4.88. The molecule has 0 radical (unpaired) electrons. The third-order valence-corrected chi connectivity index (χ3v) is 2.91. The molecule has 0 amide bonds. The maximum Gasteiger partial charge on any atom is 0.0694 e. The van der Waals surface area contributed by atoms with Crippen LogP contribution < -0.4 is 5.32 Å². The van der Waals surface area contributed by atoms with Gasteiger partial charge in [0.15, 0.2) is 0 Å². The highest BCUT2D eigenvalue weighted by molar-refractivity contribution is 6.35. The van der Waals surface area contributed by atoms with Crippen molar-refractivity contribution in [1.82, 2.24) is 5.32 Å². The zero-order chi connectivity index (χ0) is 12.0. The number of hydrogen-bond donors (Lipinski definition) is 1. The monoisotopic (exact) mass is 281 g/mol. The van der Waals surface area contributed by atoms with Crippen molar-refractivity contribution < 1.29 is 4.74 Å². The number of benzene rings is 1. The summed E-state index contributed by atoms with van der Waals surface area (Å²) in [5, 5.41) is 4.48. The molecule has 0 aromatic heterocycles. The Balaban J connectivity index is 2.37. The Hall–Kier alpha value is 0.01000. The van der Waals surface area contributed by atoms with Crippen molar-refractivity contribution in [2.24, 2.45) is 0 Å². The average molecular weight is 283 g/mol. The molecule has 0 aliphatic carbocycles. The van der Waals surface area contributed by atoms with Crippen molar-refractivity contribution in [3.8, 4) is 0 Å². The van der Waals surface area contributed by atoms with Crippen LogP contribution in [0.15, 0.2) is 18.2 Å². The first-order chi connectivity index (χ1) is 7.63. The maximum absolute atomic E-state index is 6.02. The summed E-state index contributed by atoms with van der Waals surface area (Å²) in [6.45, 7) is 1.88. The molecule has 0 saturated heterocycles. The van der Waals surface area contributed by atoms with E-state index in [-0.39, 0.29) is 5.38 Å². The summed E-state index contributed by atoms with van der Waals surface area (Å²) < 4.78 is 4.93. The highest BCUT2D eigenvalue weighted by Crippen LogP contribution is 2.20. The molecule has 1 rings (SSSR count). The third kappa shape index (κ3) is 4.89. The smallest absolute Gasteiger partial charge is 0.0694 e. The van der Waals surface area contributed by atoms with Crippen molar-refractivity contribution in [3.05, 3.63) is 33.8 Å². The summed E-state index contributed by atoms with van der Waals surface area (Å²) in [5.41, 5.74) is 1.01. The molecule has 0 bridgehead atoms. The first-order valence-electron chi connectivity index (χ1n) is 4.91. The lowest BCUT2D eigenvalue weighted by Gasteiger charge is -2.10. The fourth-order valence-corrected chi connectivity index (χ4v) is 1.98. The molecule has 90 valence electrons. The molecule has 2 nitrogen and oxygen atoms in total. The van der Waals surface area contributed by atoms with Crippen LogP contribution in [0.4, 0.5) is 0 Å². The predicted molar refractivity (Wildman–Crippen MR) is 69.7 cm³/mol. The van der Waals surface area contributed by atoms with E-state index >= 15 is 0 Å². The van der Waals surface area contributed by atoms with Crippen LogP contribution in [0.5, 0.6) is 0 Å². The van der Waals surface area contributed by atoms with E-state index in [0.717, 1.165) is 5.56 Å². The second-order valence-electron chi connectivity index (χ2n) is 3.42. The van der Waals surface area contributed by atoms with Gasteiger partial charge in [-0.15, -0.1) is 11.6 Å². The van der Waals surface area contributed by atoms with Crippen molar-refractivity contribution in [1.29, 1.82) is 0 Å². The van der Waals surface area contributed by atoms with Gasteiger partial charge in [-0.3, -0.25) is 0 Å². The molecule has 16 heavy (non-hydrogen) atoms. The highest BCUT2D eigenvalue weighted by atomic mass is 35.5. The zero-order valence-corrected chi connectivity index (χ0v) is 11.2. The van der Waals surface area contributed by atoms with Crippen LogP contribution >= 0.6 is 34.8 Å². The Kier molecular flexibility index (Phi) is 6.47. The molecular formula is C11H14Cl3NO. The Morgan fingerprint density at radius 3 is 2.75 bits per heavy atom. The number of hydrogen-bond acceptors (Lipinski definition) is 2. The molecule has 1 aromatic carbocycles. The normalized spacial score (nSPS) is 12.8. The van der Waals surface area contributed by atoms with Crippen molar-refractivity contribution in [3.63, 3.8) is 0 Å². The summed E-state index contributed by atoms with van der Waals surface area (Å²) >= 11 is 17.8. The number of nitrogens with one attached hydrogen (secondary N) is 1. The van der Waals surface area contributed by atoms with Gasteiger partial charge in [-0.1, -0.05) is 29.3 Å². The standard InChI is InChI=1S/C11H14Cl3NO/c1-16-7-10(13)6-15-5-8-2-3-9(12)4-11(8)14/h2-4,10,15H,5-7H2,1H3. The van der Waals surface area contributed by atoms with E-state index in [4.69, 9.17) is 39.5 Å². The molecule has 0 aliphatic heterocycles. The molecule has 1 atom stereocenters. The van der Waals surface area contributed by atoms with Crippen LogP contribution in [0.25, 0.3) is 0 Å². The summed E-state index contributed by atoms with van der Waals surface area (Å²) in [6.07, 6.45) is 0. The summed E-state index contributed by atoms with van der Waals surface area (Å²) in [7, 11) is 1.63. The van der Waals surface area contributed by atoms with E-state index < -0.39 is 0 Å². The largest absolute Gasteiger partial charge is 0.383 e. The number of ether oxygens (including phenoxy) is 1. The van der Waals surface area contributed by atoms with Gasteiger partial charge in [0, 0.05) is 30.2 Å². The van der Waals surface area contributed by atoms with Crippen molar-refractivity contribution in [2.45, 2.75) is 11.9 Å². The van der Waals surface area contributed by atoms with Crippen LogP contribution in [0.3, 0.4) is 0 Å². The van der Waals surface area contributed by atoms with E-state index in [9.17, 15) is 0 Å². The molecule has 1 aromatic rings. The van der Waals surface area contributed by atoms with Crippen LogP contribution in [-0.4, -0.2) is 25.6 Å². The minimum Gasteiger partial charge on any atom is -0.383 e. The lowest BCUT2D eigenvalue weighted by Crippen LogP contribution is -2.25. The van der Waals surface area contributed by atoms with Gasteiger partial charge in [0.05, 0.1) is 12.0 Å². The molecule has 0 saturated carbocycles. The minimum absolute atomic E-state index is 0.0314. The first-order valence-corrected chi connectivity index (χ1v) is 6.10. The van der Waals surface area contributed by atoms with E-state index in [0.29, 0.717) is 29.7 Å². The molecule has 0 fully saturated rings.